The van der Waals surface area contributed by atoms with Crippen LogP contribution in [-0.2, 0) is 15.8 Å². The van der Waals surface area contributed by atoms with Crippen LogP contribution in [-0.4, -0.2) is 36.3 Å². The van der Waals surface area contributed by atoms with Crippen LogP contribution >= 0.6 is 0 Å². The normalized spacial score (nSPS) is 15.6. The van der Waals surface area contributed by atoms with E-state index in [0.717, 1.165) is 12.1 Å². The number of hydrogen-bond donors (Lipinski definition) is 2. The molecule has 160 valence electrons. The lowest BCUT2D eigenvalue weighted by molar-refractivity contribution is -0.137. The summed E-state index contributed by atoms with van der Waals surface area (Å²) in [4.78, 5) is 26.4. The van der Waals surface area contributed by atoms with Crippen molar-refractivity contribution in [3.05, 3.63) is 59.9 Å². The largest absolute Gasteiger partial charge is 0.416 e. The van der Waals surface area contributed by atoms with Crippen molar-refractivity contribution >= 4 is 23.2 Å². The molecule has 0 atom stereocenters. The molecule has 0 aliphatic carbocycles. The minimum Gasteiger partial charge on any atom is -0.326 e. The molecule has 0 bridgehead atoms. The molecule has 2 aromatic carbocycles. The van der Waals surface area contributed by atoms with Gasteiger partial charge in [-0.05, 0) is 68.4 Å². The van der Waals surface area contributed by atoms with Crippen LogP contribution in [0.15, 0.2) is 48.5 Å². The number of rotatable bonds is 5. The zero-order valence-electron chi connectivity index (χ0n) is 16.0. The molecule has 1 heterocycles. The fourth-order valence-electron chi connectivity index (χ4n) is 3.31. The van der Waals surface area contributed by atoms with Crippen LogP contribution < -0.4 is 10.6 Å². The highest BCUT2D eigenvalue weighted by molar-refractivity contribution is 5.93. The number of amides is 2. The summed E-state index contributed by atoms with van der Waals surface area (Å²) in [5.74, 6) is -1.30. The number of benzene rings is 2. The van der Waals surface area contributed by atoms with Gasteiger partial charge in [0.15, 0.2) is 0 Å². The predicted octanol–water partition coefficient (Wildman–Crippen LogP) is 4.13. The molecule has 3 rings (SSSR count). The standard InChI is InChI=1S/C21H21F4N3O2/c22-16-4-6-17(7-5-16)26-19(29)13-28-10-8-14(9-11-28)20(30)27-18-3-1-2-15(12-18)21(23,24)25/h1-7,12,14H,8-11,13H2,(H,26,29)(H,27,30). The van der Waals surface area contributed by atoms with Gasteiger partial charge in [-0.1, -0.05) is 6.07 Å². The smallest absolute Gasteiger partial charge is 0.326 e. The molecule has 2 aromatic rings. The van der Waals surface area contributed by atoms with E-state index in [1.54, 1.807) is 0 Å². The topological polar surface area (TPSA) is 61.4 Å². The van der Waals surface area contributed by atoms with Crippen LogP contribution in [0.4, 0.5) is 28.9 Å². The van der Waals surface area contributed by atoms with Crippen LogP contribution in [0.2, 0.25) is 0 Å². The van der Waals surface area contributed by atoms with E-state index in [0.29, 0.717) is 31.6 Å². The second-order valence-corrected chi connectivity index (χ2v) is 7.17. The molecule has 1 fully saturated rings. The Bertz CT molecular complexity index is 892. The maximum atomic E-state index is 12.9. The molecule has 1 aliphatic heterocycles. The molecule has 1 aliphatic rings. The number of halogens is 4. The van der Waals surface area contributed by atoms with Crippen LogP contribution in [0.5, 0.6) is 0 Å². The second kappa shape index (κ2) is 9.25. The van der Waals surface area contributed by atoms with Crippen LogP contribution in [0.1, 0.15) is 18.4 Å². The van der Waals surface area contributed by atoms with Gasteiger partial charge in [-0.15, -0.1) is 0 Å². The number of nitrogens with zero attached hydrogens (tertiary/aromatic N) is 1. The molecule has 0 unspecified atom stereocenters. The minimum absolute atomic E-state index is 0.107. The van der Waals surface area contributed by atoms with E-state index in [1.165, 1.54) is 36.4 Å². The Morgan fingerprint density at radius 1 is 0.967 bits per heavy atom. The lowest BCUT2D eigenvalue weighted by Crippen LogP contribution is -2.41. The van der Waals surface area contributed by atoms with Crippen molar-refractivity contribution in [1.29, 1.82) is 0 Å². The summed E-state index contributed by atoms with van der Waals surface area (Å²) < 4.78 is 51.3. The molecule has 0 spiro atoms. The first-order valence-corrected chi connectivity index (χ1v) is 9.46. The van der Waals surface area contributed by atoms with Crippen molar-refractivity contribution < 1.29 is 27.2 Å². The third kappa shape index (κ3) is 6.03. The number of alkyl halides is 3. The number of carbonyl (C=O) groups excluding carboxylic acids is 2. The quantitative estimate of drug-likeness (QED) is 0.711. The lowest BCUT2D eigenvalue weighted by Gasteiger charge is -2.30. The average Bonchev–Trinajstić information content (AvgIpc) is 2.70. The molecule has 2 amide bonds. The molecule has 2 N–H and O–H groups in total. The molecule has 30 heavy (non-hydrogen) atoms. The summed E-state index contributed by atoms with van der Waals surface area (Å²) in [6, 6.07) is 9.98. The molecule has 1 saturated heterocycles. The van der Waals surface area contributed by atoms with Gasteiger partial charge in [-0.25, -0.2) is 4.39 Å². The summed E-state index contributed by atoms with van der Waals surface area (Å²) in [5.41, 5.74) is -0.213. The first-order valence-electron chi connectivity index (χ1n) is 9.46. The first-order chi connectivity index (χ1) is 14.2. The van der Waals surface area contributed by atoms with Crippen LogP contribution in [0.3, 0.4) is 0 Å². The maximum absolute atomic E-state index is 12.9. The molecule has 0 radical (unpaired) electrons. The highest BCUT2D eigenvalue weighted by atomic mass is 19.4. The Morgan fingerprint density at radius 2 is 1.63 bits per heavy atom. The van der Waals surface area contributed by atoms with Gasteiger partial charge in [-0.3, -0.25) is 14.5 Å². The monoisotopic (exact) mass is 423 g/mol. The summed E-state index contributed by atoms with van der Waals surface area (Å²) >= 11 is 0. The van der Waals surface area contributed by atoms with E-state index in [-0.39, 0.29) is 30.0 Å². The van der Waals surface area contributed by atoms with E-state index in [2.05, 4.69) is 10.6 Å². The van der Waals surface area contributed by atoms with Gasteiger partial charge in [0.1, 0.15) is 5.82 Å². The molecule has 9 heteroatoms. The number of piperidine rings is 1. The summed E-state index contributed by atoms with van der Waals surface area (Å²) in [6.45, 7) is 1.16. The lowest BCUT2D eigenvalue weighted by atomic mass is 9.95. The summed E-state index contributed by atoms with van der Waals surface area (Å²) in [7, 11) is 0. The van der Waals surface area contributed by atoms with E-state index < -0.39 is 17.6 Å². The van der Waals surface area contributed by atoms with Crippen molar-refractivity contribution in [1.82, 2.24) is 4.90 Å². The summed E-state index contributed by atoms with van der Waals surface area (Å²) in [5, 5.41) is 5.23. The Balaban J connectivity index is 1.46. The molecule has 0 saturated carbocycles. The Labute approximate surface area is 171 Å². The van der Waals surface area contributed by atoms with Crippen molar-refractivity contribution in [3.63, 3.8) is 0 Å². The van der Waals surface area contributed by atoms with Gasteiger partial charge < -0.3 is 10.6 Å². The SMILES string of the molecule is O=C(CN1CCC(C(=O)Nc2cccc(C(F)(F)F)c2)CC1)Nc1ccc(F)cc1. The molecule has 0 aromatic heterocycles. The number of likely N-dealkylation sites (tertiary alicyclic amines) is 1. The maximum Gasteiger partial charge on any atom is 0.416 e. The molecular weight excluding hydrogens is 402 g/mol. The fraction of sp³-hybridized carbons (Fsp3) is 0.333. The Morgan fingerprint density at radius 3 is 2.27 bits per heavy atom. The minimum atomic E-state index is -4.47. The zero-order chi connectivity index (χ0) is 21.7. The van der Waals surface area contributed by atoms with Gasteiger partial charge in [0, 0.05) is 17.3 Å². The number of anilines is 2. The van der Waals surface area contributed by atoms with Crippen molar-refractivity contribution in [2.75, 3.05) is 30.3 Å². The molecule has 5 nitrogen and oxygen atoms in total. The third-order valence-corrected chi connectivity index (χ3v) is 4.91. The van der Waals surface area contributed by atoms with Gasteiger partial charge in [0.25, 0.3) is 0 Å². The van der Waals surface area contributed by atoms with E-state index >= 15 is 0 Å². The van der Waals surface area contributed by atoms with E-state index in [4.69, 9.17) is 0 Å². The van der Waals surface area contributed by atoms with Crippen LogP contribution in [0, 0.1) is 11.7 Å². The van der Waals surface area contributed by atoms with E-state index in [9.17, 15) is 27.2 Å². The molecular formula is C21H21F4N3O2. The summed E-state index contributed by atoms with van der Waals surface area (Å²) in [6.07, 6.45) is -3.48. The van der Waals surface area contributed by atoms with Gasteiger partial charge in [-0.2, -0.15) is 13.2 Å². The second-order valence-electron chi connectivity index (χ2n) is 7.17. The van der Waals surface area contributed by atoms with Crippen molar-refractivity contribution in [2.45, 2.75) is 19.0 Å². The van der Waals surface area contributed by atoms with Crippen molar-refractivity contribution in [2.24, 2.45) is 5.92 Å². The highest BCUT2D eigenvalue weighted by Crippen LogP contribution is 2.31. The number of carbonyl (C=O) groups is 2. The first kappa shape index (κ1) is 21.8. The predicted molar refractivity (Wildman–Crippen MR) is 104 cm³/mol. The number of hydrogen-bond acceptors (Lipinski definition) is 3. The van der Waals surface area contributed by atoms with Gasteiger partial charge >= 0.3 is 6.18 Å². The third-order valence-electron chi connectivity index (χ3n) is 4.91. The van der Waals surface area contributed by atoms with Crippen LogP contribution in [0.25, 0.3) is 0 Å². The average molecular weight is 423 g/mol. The number of nitrogens with one attached hydrogen (secondary N) is 2. The Hall–Kier alpha value is -2.94. The van der Waals surface area contributed by atoms with E-state index in [1.807, 2.05) is 4.90 Å². The Kier molecular flexibility index (Phi) is 6.71. The van der Waals surface area contributed by atoms with Crippen molar-refractivity contribution in [3.8, 4) is 0 Å². The fourth-order valence-corrected chi connectivity index (χ4v) is 3.31. The zero-order valence-corrected chi connectivity index (χ0v) is 16.0. The highest BCUT2D eigenvalue weighted by Gasteiger charge is 2.31. The van der Waals surface area contributed by atoms with Gasteiger partial charge in [0.05, 0.1) is 12.1 Å². The van der Waals surface area contributed by atoms with Gasteiger partial charge in [0.2, 0.25) is 11.8 Å².